The number of aliphatic hydroxyl groups is 2. The summed E-state index contributed by atoms with van der Waals surface area (Å²) in [6.07, 6.45) is 1.60. The molecule has 1 aliphatic rings. The summed E-state index contributed by atoms with van der Waals surface area (Å²) < 4.78 is 5.51. The smallest absolute Gasteiger partial charge is 0.128 e. The summed E-state index contributed by atoms with van der Waals surface area (Å²) in [5.74, 6) is 0.850. The van der Waals surface area contributed by atoms with Crippen LogP contribution in [-0.2, 0) is 6.42 Å². The Labute approximate surface area is 89.3 Å². The number of hydrogen-bond donors (Lipinski definition) is 2. The van der Waals surface area contributed by atoms with Gasteiger partial charge in [0.25, 0.3) is 0 Å². The average molecular weight is 208 g/mol. The number of ether oxygens (including phenoxy) is 1. The maximum absolute atomic E-state index is 9.92. The van der Waals surface area contributed by atoms with E-state index in [1.54, 1.807) is 0 Å². The van der Waals surface area contributed by atoms with Crippen molar-refractivity contribution >= 4 is 0 Å². The standard InChI is InChI=1S/C12H16O3/c13-7-2-5-11(14)10-4-1-3-9-6-8-15-12(9)10/h1,3-4,11,13-14H,2,5-8H2. The highest BCUT2D eigenvalue weighted by atomic mass is 16.5. The van der Waals surface area contributed by atoms with Gasteiger partial charge in [0.15, 0.2) is 0 Å². The average Bonchev–Trinajstić information content (AvgIpc) is 2.73. The van der Waals surface area contributed by atoms with Gasteiger partial charge >= 0.3 is 0 Å². The van der Waals surface area contributed by atoms with Gasteiger partial charge in [-0.05, 0) is 18.4 Å². The first kappa shape index (κ1) is 10.5. The van der Waals surface area contributed by atoms with Gasteiger partial charge in [-0.15, -0.1) is 0 Å². The Hall–Kier alpha value is -1.06. The quantitative estimate of drug-likeness (QED) is 0.787. The highest BCUT2D eigenvalue weighted by Gasteiger charge is 2.20. The van der Waals surface area contributed by atoms with E-state index >= 15 is 0 Å². The second-order valence-electron chi connectivity index (χ2n) is 3.82. The van der Waals surface area contributed by atoms with Crippen molar-refractivity contribution in [3.8, 4) is 5.75 Å². The number of para-hydroxylation sites is 1. The van der Waals surface area contributed by atoms with Crippen molar-refractivity contribution in [3.05, 3.63) is 29.3 Å². The van der Waals surface area contributed by atoms with Crippen LogP contribution < -0.4 is 4.74 Å². The van der Waals surface area contributed by atoms with Crippen LogP contribution in [0.3, 0.4) is 0 Å². The summed E-state index contributed by atoms with van der Waals surface area (Å²) in [6.45, 7) is 0.825. The molecular formula is C12H16O3. The van der Waals surface area contributed by atoms with E-state index in [4.69, 9.17) is 9.84 Å². The minimum atomic E-state index is -0.523. The molecule has 2 rings (SSSR count). The van der Waals surface area contributed by atoms with Crippen LogP contribution in [0.2, 0.25) is 0 Å². The molecule has 1 aromatic carbocycles. The van der Waals surface area contributed by atoms with Crippen LogP contribution >= 0.6 is 0 Å². The van der Waals surface area contributed by atoms with Crippen LogP contribution in [0.4, 0.5) is 0 Å². The van der Waals surface area contributed by atoms with E-state index in [0.717, 1.165) is 17.7 Å². The molecule has 1 aromatic rings. The van der Waals surface area contributed by atoms with Crippen molar-refractivity contribution in [1.29, 1.82) is 0 Å². The molecule has 0 radical (unpaired) electrons. The van der Waals surface area contributed by atoms with Gasteiger partial charge in [-0.25, -0.2) is 0 Å². The Morgan fingerprint density at radius 1 is 1.40 bits per heavy atom. The zero-order valence-corrected chi connectivity index (χ0v) is 8.65. The van der Waals surface area contributed by atoms with E-state index in [2.05, 4.69) is 0 Å². The molecule has 0 saturated carbocycles. The van der Waals surface area contributed by atoms with Crippen LogP contribution in [0.1, 0.15) is 30.1 Å². The van der Waals surface area contributed by atoms with E-state index in [9.17, 15) is 5.11 Å². The summed E-state index contributed by atoms with van der Waals surface area (Å²) in [6, 6.07) is 5.88. The Morgan fingerprint density at radius 3 is 3.07 bits per heavy atom. The molecule has 0 fully saturated rings. The van der Waals surface area contributed by atoms with E-state index < -0.39 is 6.10 Å². The highest BCUT2D eigenvalue weighted by Crippen LogP contribution is 2.34. The molecular weight excluding hydrogens is 192 g/mol. The molecule has 1 unspecified atom stereocenters. The van der Waals surface area contributed by atoms with Crippen LogP contribution in [0.25, 0.3) is 0 Å². The van der Waals surface area contributed by atoms with Gasteiger partial charge in [0.2, 0.25) is 0 Å². The Bertz CT molecular complexity index is 336. The normalized spacial score (nSPS) is 15.9. The highest BCUT2D eigenvalue weighted by molar-refractivity contribution is 5.45. The lowest BCUT2D eigenvalue weighted by molar-refractivity contribution is 0.148. The SMILES string of the molecule is OCCCC(O)c1cccc2c1OCC2. The molecule has 0 aromatic heterocycles. The molecule has 0 bridgehead atoms. The molecule has 1 aliphatic heterocycles. The summed E-state index contributed by atoms with van der Waals surface area (Å²) >= 11 is 0. The van der Waals surface area contributed by atoms with Crippen molar-refractivity contribution in [2.24, 2.45) is 0 Å². The third kappa shape index (κ3) is 2.13. The van der Waals surface area contributed by atoms with E-state index in [0.29, 0.717) is 19.4 Å². The van der Waals surface area contributed by atoms with Crippen molar-refractivity contribution in [3.63, 3.8) is 0 Å². The summed E-state index contributed by atoms with van der Waals surface area (Å²) in [4.78, 5) is 0. The second-order valence-corrected chi connectivity index (χ2v) is 3.82. The summed E-state index contributed by atoms with van der Waals surface area (Å²) in [5, 5.41) is 18.6. The third-order valence-corrected chi connectivity index (χ3v) is 2.74. The van der Waals surface area contributed by atoms with Gasteiger partial charge in [-0.2, -0.15) is 0 Å². The Morgan fingerprint density at radius 2 is 2.27 bits per heavy atom. The summed E-state index contributed by atoms with van der Waals surface area (Å²) in [5.41, 5.74) is 2.04. The van der Waals surface area contributed by atoms with E-state index in [-0.39, 0.29) is 6.61 Å². The fraction of sp³-hybridized carbons (Fsp3) is 0.500. The predicted molar refractivity (Wildman–Crippen MR) is 56.9 cm³/mol. The molecule has 0 spiro atoms. The number of rotatable bonds is 4. The minimum Gasteiger partial charge on any atom is -0.493 e. The van der Waals surface area contributed by atoms with Gasteiger partial charge in [0.1, 0.15) is 5.75 Å². The molecule has 2 N–H and O–H groups in total. The van der Waals surface area contributed by atoms with Gasteiger partial charge in [-0.1, -0.05) is 18.2 Å². The van der Waals surface area contributed by atoms with Crippen LogP contribution in [0.15, 0.2) is 18.2 Å². The van der Waals surface area contributed by atoms with E-state index in [1.165, 1.54) is 5.56 Å². The monoisotopic (exact) mass is 208 g/mol. The zero-order valence-electron chi connectivity index (χ0n) is 8.65. The Kier molecular flexibility index (Phi) is 3.23. The van der Waals surface area contributed by atoms with Crippen LogP contribution in [-0.4, -0.2) is 23.4 Å². The zero-order chi connectivity index (χ0) is 10.7. The predicted octanol–water partition coefficient (Wildman–Crippen LogP) is 1.43. The minimum absolute atomic E-state index is 0.118. The van der Waals surface area contributed by atoms with E-state index in [1.807, 2.05) is 18.2 Å². The largest absolute Gasteiger partial charge is 0.493 e. The fourth-order valence-electron chi connectivity index (χ4n) is 1.94. The maximum Gasteiger partial charge on any atom is 0.128 e. The molecule has 0 saturated heterocycles. The van der Waals surface area contributed by atoms with Gasteiger partial charge in [-0.3, -0.25) is 0 Å². The van der Waals surface area contributed by atoms with Gasteiger partial charge < -0.3 is 14.9 Å². The lowest BCUT2D eigenvalue weighted by Gasteiger charge is -2.13. The number of fused-ring (bicyclic) bond motifs is 1. The third-order valence-electron chi connectivity index (χ3n) is 2.74. The molecule has 0 amide bonds. The molecule has 15 heavy (non-hydrogen) atoms. The number of hydrogen-bond acceptors (Lipinski definition) is 3. The molecule has 82 valence electrons. The number of benzene rings is 1. The maximum atomic E-state index is 9.92. The molecule has 3 nitrogen and oxygen atoms in total. The van der Waals surface area contributed by atoms with Crippen molar-refractivity contribution in [1.82, 2.24) is 0 Å². The second kappa shape index (κ2) is 4.64. The topological polar surface area (TPSA) is 49.7 Å². The van der Waals surface area contributed by atoms with Crippen molar-refractivity contribution < 1.29 is 14.9 Å². The number of aliphatic hydroxyl groups excluding tert-OH is 2. The first-order chi connectivity index (χ1) is 7.33. The van der Waals surface area contributed by atoms with Crippen LogP contribution in [0, 0.1) is 0 Å². The van der Waals surface area contributed by atoms with Gasteiger partial charge in [0, 0.05) is 18.6 Å². The lowest BCUT2D eigenvalue weighted by Crippen LogP contribution is -2.01. The lowest BCUT2D eigenvalue weighted by atomic mass is 10.0. The first-order valence-electron chi connectivity index (χ1n) is 5.36. The van der Waals surface area contributed by atoms with Crippen molar-refractivity contribution in [2.75, 3.05) is 13.2 Å². The molecule has 1 atom stereocenters. The fourth-order valence-corrected chi connectivity index (χ4v) is 1.94. The summed E-state index contributed by atoms with van der Waals surface area (Å²) in [7, 11) is 0. The molecule has 3 heteroatoms. The van der Waals surface area contributed by atoms with Gasteiger partial charge in [0.05, 0.1) is 12.7 Å². The molecule has 0 aliphatic carbocycles. The molecule has 1 heterocycles. The Balaban J connectivity index is 2.17. The van der Waals surface area contributed by atoms with Crippen LogP contribution in [0.5, 0.6) is 5.75 Å². The first-order valence-corrected chi connectivity index (χ1v) is 5.36. The van der Waals surface area contributed by atoms with Crippen molar-refractivity contribution in [2.45, 2.75) is 25.4 Å².